The zero-order chi connectivity index (χ0) is 20.6. The number of nitrogens with one attached hydrogen (secondary N) is 1. The van der Waals surface area contributed by atoms with E-state index in [0.29, 0.717) is 22.5 Å². The van der Waals surface area contributed by atoms with Crippen LogP contribution in [0.1, 0.15) is 41.6 Å². The minimum absolute atomic E-state index is 0.0451. The fraction of sp³-hybridized carbons (Fsp3) is 0.409. The average molecular weight is 433 g/mol. The van der Waals surface area contributed by atoms with Gasteiger partial charge in [-0.2, -0.15) is 4.31 Å². The van der Waals surface area contributed by atoms with E-state index in [4.69, 9.17) is 11.6 Å². The normalized spacial score (nSPS) is 23.5. The Hall–Kier alpha value is -1.89. The molecule has 29 heavy (non-hydrogen) atoms. The summed E-state index contributed by atoms with van der Waals surface area (Å²) in [6.45, 7) is 0.221. The molecule has 1 N–H and O–H groups in total. The quantitative estimate of drug-likeness (QED) is 0.747. The highest BCUT2D eigenvalue weighted by atomic mass is 35.5. The lowest BCUT2D eigenvalue weighted by molar-refractivity contribution is 0.0923. The van der Waals surface area contributed by atoms with Crippen LogP contribution in [0.4, 0.5) is 0 Å². The minimum Gasteiger partial charge on any atom is -0.349 e. The Labute approximate surface area is 177 Å². The van der Waals surface area contributed by atoms with Gasteiger partial charge in [0.1, 0.15) is 0 Å². The summed E-state index contributed by atoms with van der Waals surface area (Å²) in [5.74, 6) is 1.37. The first-order valence-electron chi connectivity index (χ1n) is 9.94. The first-order chi connectivity index (χ1) is 13.8. The van der Waals surface area contributed by atoms with Crippen LogP contribution in [0.5, 0.6) is 0 Å². The van der Waals surface area contributed by atoms with Crippen LogP contribution >= 0.6 is 11.6 Å². The van der Waals surface area contributed by atoms with E-state index in [0.717, 1.165) is 17.9 Å². The SMILES string of the molecule is CN(Cc1ccc(C(=O)N[C@@H]2C[C@@H]3CC[C@@H]2C3)cc1)S(=O)(=O)c1ccc(Cl)cc1. The smallest absolute Gasteiger partial charge is 0.251 e. The number of hydrogen-bond donors (Lipinski definition) is 1. The van der Waals surface area contributed by atoms with Gasteiger partial charge in [-0.25, -0.2) is 8.42 Å². The van der Waals surface area contributed by atoms with Gasteiger partial charge in [0, 0.05) is 30.2 Å². The van der Waals surface area contributed by atoms with Crippen molar-refractivity contribution in [2.24, 2.45) is 11.8 Å². The van der Waals surface area contributed by atoms with Crippen LogP contribution in [0, 0.1) is 11.8 Å². The van der Waals surface area contributed by atoms with E-state index in [1.54, 1.807) is 31.3 Å². The first kappa shape index (κ1) is 20.4. The van der Waals surface area contributed by atoms with E-state index in [2.05, 4.69) is 5.32 Å². The number of amides is 1. The Morgan fingerprint density at radius 2 is 1.76 bits per heavy atom. The van der Waals surface area contributed by atoms with Gasteiger partial charge in [0.15, 0.2) is 0 Å². The topological polar surface area (TPSA) is 66.5 Å². The monoisotopic (exact) mass is 432 g/mol. The maximum atomic E-state index is 12.7. The highest BCUT2D eigenvalue weighted by molar-refractivity contribution is 7.89. The molecule has 2 aliphatic carbocycles. The molecule has 0 saturated heterocycles. The Morgan fingerprint density at radius 1 is 1.07 bits per heavy atom. The molecule has 2 saturated carbocycles. The van der Waals surface area contributed by atoms with Crippen molar-refractivity contribution in [3.05, 3.63) is 64.7 Å². The Morgan fingerprint density at radius 3 is 2.34 bits per heavy atom. The number of nitrogens with zero attached hydrogens (tertiary/aromatic N) is 1. The summed E-state index contributed by atoms with van der Waals surface area (Å²) in [5.41, 5.74) is 1.43. The van der Waals surface area contributed by atoms with E-state index in [9.17, 15) is 13.2 Å². The van der Waals surface area contributed by atoms with E-state index in [1.165, 1.54) is 35.7 Å². The van der Waals surface area contributed by atoms with Crippen LogP contribution in [0.25, 0.3) is 0 Å². The van der Waals surface area contributed by atoms with Gasteiger partial charge in [-0.1, -0.05) is 30.2 Å². The number of carbonyl (C=O) groups is 1. The predicted octanol–water partition coefficient (Wildman–Crippen LogP) is 4.08. The van der Waals surface area contributed by atoms with E-state index in [1.807, 2.05) is 12.1 Å². The number of fused-ring (bicyclic) bond motifs is 2. The molecule has 154 valence electrons. The van der Waals surface area contributed by atoms with E-state index >= 15 is 0 Å². The van der Waals surface area contributed by atoms with Crippen LogP contribution in [-0.4, -0.2) is 31.7 Å². The molecule has 2 aromatic rings. The molecule has 0 spiro atoms. The van der Waals surface area contributed by atoms with Gasteiger partial charge in [0.2, 0.25) is 10.0 Å². The Balaban J connectivity index is 1.38. The molecule has 0 heterocycles. The lowest BCUT2D eigenvalue weighted by Gasteiger charge is -2.23. The maximum absolute atomic E-state index is 12.7. The molecule has 3 atom stereocenters. The van der Waals surface area contributed by atoms with Gasteiger partial charge < -0.3 is 5.32 Å². The van der Waals surface area contributed by atoms with Crippen LogP contribution < -0.4 is 5.32 Å². The van der Waals surface area contributed by atoms with Crippen molar-refractivity contribution in [1.29, 1.82) is 0 Å². The van der Waals surface area contributed by atoms with Crippen molar-refractivity contribution >= 4 is 27.5 Å². The van der Waals surface area contributed by atoms with Crippen LogP contribution in [0.3, 0.4) is 0 Å². The fourth-order valence-electron chi connectivity index (χ4n) is 4.56. The molecule has 2 fully saturated rings. The summed E-state index contributed by atoms with van der Waals surface area (Å²) in [4.78, 5) is 12.8. The molecule has 2 aliphatic rings. The second kappa shape index (κ2) is 8.09. The molecule has 2 aromatic carbocycles. The number of benzene rings is 2. The Bertz CT molecular complexity index is 990. The zero-order valence-corrected chi connectivity index (χ0v) is 17.9. The van der Waals surface area contributed by atoms with Gasteiger partial charge in [0.05, 0.1) is 4.90 Å². The molecule has 1 amide bonds. The third kappa shape index (κ3) is 4.34. The van der Waals surface area contributed by atoms with Gasteiger partial charge in [-0.05, 0) is 73.1 Å². The third-order valence-electron chi connectivity index (χ3n) is 6.20. The fourth-order valence-corrected chi connectivity index (χ4v) is 5.85. The van der Waals surface area contributed by atoms with Gasteiger partial charge in [0.25, 0.3) is 5.91 Å². The van der Waals surface area contributed by atoms with Crippen molar-refractivity contribution in [2.75, 3.05) is 7.05 Å². The van der Waals surface area contributed by atoms with E-state index < -0.39 is 10.0 Å². The van der Waals surface area contributed by atoms with Crippen molar-refractivity contribution in [1.82, 2.24) is 9.62 Å². The lowest BCUT2D eigenvalue weighted by atomic mass is 9.95. The van der Waals surface area contributed by atoms with Crippen LogP contribution in [-0.2, 0) is 16.6 Å². The molecule has 0 radical (unpaired) electrons. The number of sulfonamides is 1. The molecule has 4 rings (SSSR count). The zero-order valence-electron chi connectivity index (χ0n) is 16.3. The molecule has 7 heteroatoms. The molecule has 0 aromatic heterocycles. The lowest BCUT2D eigenvalue weighted by Crippen LogP contribution is -2.38. The Kier molecular flexibility index (Phi) is 5.69. The van der Waals surface area contributed by atoms with Crippen molar-refractivity contribution in [3.8, 4) is 0 Å². The second-order valence-corrected chi connectivity index (χ2v) is 10.6. The average Bonchev–Trinajstić information content (AvgIpc) is 3.32. The molecular weight excluding hydrogens is 408 g/mol. The number of carbonyl (C=O) groups excluding carboxylic acids is 1. The summed E-state index contributed by atoms with van der Waals surface area (Å²) in [6.07, 6.45) is 4.88. The molecule has 0 unspecified atom stereocenters. The van der Waals surface area contributed by atoms with Gasteiger partial charge in [-0.15, -0.1) is 0 Å². The van der Waals surface area contributed by atoms with Crippen LogP contribution in [0.2, 0.25) is 5.02 Å². The molecule has 2 bridgehead atoms. The number of hydrogen-bond acceptors (Lipinski definition) is 3. The standard InChI is InChI=1S/C22H25ClN2O3S/c1-25(29(27,28)20-10-8-19(23)9-11-20)14-15-2-5-17(6-3-15)22(26)24-21-13-16-4-7-18(21)12-16/h2-3,5-6,8-11,16,18,21H,4,7,12-14H2,1H3,(H,24,26)/t16-,18-,21-/m1/s1. The van der Waals surface area contributed by atoms with Crippen molar-refractivity contribution in [3.63, 3.8) is 0 Å². The van der Waals surface area contributed by atoms with Gasteiger partial charge in [-0.3, -0.25) is 4.79 Å². The highest BCUT2D eigenvalue weighted by Crippen LogP contribution is 2.44. The summed E-state index contributed by atoms with van der Waals surface area (Å²) in [7, 11) is -2.06. The predicted molar refractivity (Wildman–Crippen MR) is 113 cm³/mol. The first-order valence-corrected chi connectivity index (χ1v) is 11.8. The summed E-state index contributed by atoms with van der Waals surface area (Å²) in [5, 5.41) is 3.67. The van der Waals surface area contributed by atoms with Crippen molar-refractivity contribution < 1.29 is 13.2 Å². The number of halogens is 1. The molecule has 0 aliphatic heterocycles. The largest absolute Gasteiger partial charge is 0.349 e. The number of rotatable bonds is 6. The van der Waals surface area contributed by atoms with Gasteiger partial charge >= 0.3 is 0 Å². The summed E-state index contributed by atoms with van der Waals surface area (Å²) < 4.78 is 26.7. The summed E-state index contributed by atoms with van der Waals surface area (Å²) >= 11 is 5.84. The third-order valence-corrected chi connectivity index (χ3v) is 8.27. The molecular formula is C22H25ClN2O3S. The van der Waals surface area contributed by atoms with Crippen molar-refractivity contribution in [2.45, 2.75) is 43.2 Å². The second-order valence-electron chi connectivity index (χ2n) is 8.17. The minimum atomic E-state index is -3.61. The van der Waals surface area contributed by atoms with E-state index in [-0.39, 0.29) is 17.3 Å². The summed E-state index contributed by atoms with van der Waals surface area (Å²) in [6, 6.07) is 13.6. The van der Waals surface area contributed by atoms with Crippen LogP contribution in [0.15, 0.2) is 53.4 Å². The highest BCUT2D eigenvalue weighted by Gasteiger charge is 2.40. The molecule has 5 nitrogen and oxygen atoms in total. The maximum Gasteiger partial charge on any atom is 0.251 e.